The van der Waals surface area contributed by atoms with E-state index in [0.717, 1.165) is 17.1 Å². The fourth-order valence-corrected chi connectivity index (χ4v) is 2.12. The number of aromatic nitrogens is 1. The third-order valence-electron chi connectivity index (χ3n) is 3.02. The molecule has 0 unspecified atom stereocenters. The lowest BCUT2D eigenvalue weighted by Crippen LogP contribution is -1.92. The largest absolute Gasteiger partial charge is 0.493 e. The van der Waals surface area contributed by atoms with E-state index < -0.39 is 0 Å². The summed E-state index contributed by atoms with van der Waals surface area (Å²) in [6.07, 6.45) is 0.821. The molecule has 0 N–H and O–H groups in total. The highest BCUT2D eigenvalue weighted by molar-refractivity contribution is 6.07. The highest BCUT2D eigenvalue weighted by Crippen LogP contribution is 2.35. The summed E-state index contributed by atoms with van der Waals surface area (Å²) in [6.45, 7) is 0. The quantitative estimate of drug-likeness (QED) is 0.634. The van der Waals surface area contributed by atoms with Crippen LogP contribution in [0, 0.1) is 0 Å². The number of carbonyl (C=O) groups is 1. The average molecular weight is 229 g/mol. The van der Waals surface area contributed by atoms with E-state index in [1.807, 2.05) is 24.3 Å². The van der Waals surface area contributed by atoms with Crippen molar-refractivity contribution in [1.82, 2.24) is 4.57 Å². The van der Waals surface area contributed by atoms with Crippen molar-refractivity contribution in [3.63, 3.8) is 0 Å². The molecular formula is C13H11NO3. The fraction of sp³-hybridized carbons (Fsp3) is 0.154. The van der Waals surface area contributed by atoms with Gasteiger partial charge in [-0.25, -0.2) is 0 Å². The second-order valence-corrected chi connectivity index (χ2v) is 3.90. The third-order valence-corrected chi connectivity index (χ3v) is 3.02. The number of ether oxygens (including phenoxy) is 1. The van der Waals surface area contributed by atoms with E-state index in [1.165, 1.54) is 0 Å². The van der Waals surface area contributed by atoms with Crippen molar-refractivity contribution in [2.75, 3.05) is 7.11 Å². The van der Waals surface area contributed by atoms with Gasteiger partial charge in [0.05, 0.1) is 12.8 Å². The Morgan fingerprint density at radius 2 is 2.18 bits per heavy atom. The molecule has 0 atom stereocenters. The van der Waals surface area contributed by atoms with Crippen molar-refractivity contribution < 1.29 is 13.9 Å². The topological polar surface area (TPSA) is 44.4 Å². The van der Waals surface area contributed by atoms with Gasteiger partial charge >= 0.3 is 0 Å². The van der Waals surface area contributed by atoms with Crippen LogP contribution < -0.4 is 4.74 Å². The predicted octanol–water partition coefficient (Wildman–Crippen LogP) is 2.75. The number of furan rings is 1. The lowest BCUT2D eigenvalue weighted by Gasteiger charge is -1.99. The summed E-state index contributed by atoms with van der Waals surface area (Å²) >= 11 is 0. The standard InChI is InChI=1S/C13H11NO3/c1-14-8(7-15)6-10-9-4-3-5-11(16-2)12(9)17-13(10)14/h3-7H,1-2H3. The lowest BCUT2D eigenvalue weighted by molar-refractivity contribution is 0.111. The SMILES string of the molecule is COc1cccc2c1oc1c2cc(C=O)n1C. The van der Waals surface area contributed by atoms with Crippen molar-refractivity contribution >= 4 is 28.4 Å². The first-order chi connectivity index (χ1) is 8.26. The molecule has 3 aromatic rings. The molecule has 0 radical (unpaired) electrons. The number of nitrogens with zero attached hydrogens (tertiary/aromatic N) is 1. The van der Waals surface area contributed by atoms with Gasteiger partial charge in [-0.3, -0.25) is 4.79 Å². The number of benzene rings is 1. The Morgan fingerprint density at radius 1 is 1.35 bits per heavy atom. The molecule has 0 aliphatic heterocycles. The zero-order valence-corrected chi connectivity index (χ0v) is 9.56. The van der Waals surface area contributed by atoms with Crippen LogP contribution in [0.2, 0.25) is 0 Å². The zero-order chi connectivity index (χ0) is 12.0. The minimum atomic E-state index is 0.600. The van der Waals surface area contributed by atoms with E-state index in [4.69, 9.17) is 9.15 Å². The van der Waals surface area contributed by atoms with Crippen molar-refractivity contribution in [3.8, 4) is 5.75 Å². The molecule has 4 heteroatoms. The molecule has 1 aromatic carbocycles. The van der Waals surface area contributed by atoms with Gasteiger partial charge in [-0.05, 0) is 12.1 Å². The summed E-state index contributed by atoms with van der Waals surface area (Å²) in [5.41, 5.74) is 2.00. The molecule has 2 heterocycles. The molecule has 0 spiro atoms. The molecule has 0 aliphatic rings. The first-order valence-corrected chi connectivity index (χ1v) is 5.26. The van der Waals surface area contributed by atoms with E-state index in [0.29, 0.717) is 22.7 Å². The van der Waals surface area contributed by atoms with Crippen LogP contribution in [0.5, 0.6) is 5.75 Å². The predicted molar refractivity (Wildman–Crippen MR) is 64.6 cm³/mol. The Kier molecular flexibility index (Phi) is 1.98. The van der Waals surface area contributed by atoms with Crippen LogP contribution in [0.1, 0.15) is 10.5 Å². The monoisotopic (exact) mass is 229 g/mol. The molecule has 0 fully saturated rings. The van der Waals surface area contributed by atoms with Gasteiger partial charge in [-0.2, -0.15) is 0 Å². The molecular weight excluding hydrogens is 218 g/mol. The van der Waals surface area contributed by atoms with Crippen LogP contribution >= 0.6 is 0 Å². The number of hydrogen-bond donors (Lipinski definition) is 0. The van der Waals surface area contributed by atoms with Gasteiger partial charge in [-0.15, -0.1) is 0 Å². The van der Waals surface area contributed by atoms with Crippen molar-refractivity contribution in [3.05, 3.63) is 30.0 Å². The fourth-order valence-electron chi connectivity index (χ4n) is 2.12. The first kappa shape index (κ1) is 9.96. The van der Waals surface area contributed by atoms with E-state index >= 15 is 0 Å². The van der Waals surface area contributed by atoms with E-state index in [9.17, 15) is 4.79 Å². The number of fused-ring (bicyclic) bond motifs is 3. The number of aldehydes is 1. The smallest absolute Gasteiger partial charge is 0.208 e. The second-order valence-electron chi connectivity index (χ2n) is 3.90. The Bertz CT molecular complexity index is 721. The minimum absolute atomic E-state index is 0.600. The Labute approximate surface area is 97.4 Å². The summed E-state index contributed by atoms with van der Waals surface area (Å²) in [4.78, 5) is 10.9. The van der Waals surface area contributed by atoms with E-state index in [2.05, 4.69) is 0 Å². The molecule has 86 valence electrons. The summed E-state index contributed by atoms with van der Waals surface area (Å²) in [7, 11) is 3.42. The minimum Gasteiger partial charge on any atom is -0.493 e. The Morgan fingerprint density at radius 3 is 2.88 bits per heavy atom. The van der Waals surface area contributed by atoms with Crippen LogP contribution in [0.15, 0.2) is 28.7 Å². The number of hydrogen-bond acceptors (Lipinski definition) is 3. The molecule has 0 amide bonds. The van der Waals surface area contributed by atoms with Gasteiger partial charge in [0.25, 0.3) is 0 Å². The van der Waals surface area contributed by atoms with E-state index in [-0.39, 0.29) is 0 Å². The third kappa shape index (κ3) is 1.21. The molecule has 2 aromatic heterocycles. The van der Waals surface area contributed by atoms with Crippen LogP contribution in [0.3, 0.4) is 0 Å². The number of methoxy groups -OCH3 is 1. The number of para-hydroxylation sites is 1. The van der Waals surface area contributed by atoms with Gasteiger partial charge < -0.3 is 13.7 Å². The van der Waals surface area contributed by atoms with Crippen molar-refractivity contribution in [2.45, 2.75) is 0 Å². The summed E-state index contributed by atoms with van der Waals surface area (Å²) in [5.74, 6) is 0.700. The number of rotatable bonds is 2. The average Bonchev–Trinajstić information content (AvgIpc) is 2.86. The molecule has 17 heavy (non-hydrogen) atoms. The van der Waals surface area contributed by atoms with Gasteiger partial charge in [0.1, 0.15) is 0 Å². The van der Waals surface area contributed by atoms with Crippen LogP contribution in [0.25, 0.3) is 22.1 Å². The molecule has 3 rings (SSSR count). The molecule has 0 aliphatic carbocycles. The highest BCUT2D eigenvalue weighted by Gasteiger charge is 2.15. The number of carbonyl (C=O) groups excluding carboxylic acids is 1. The van der Waals surface area contributed by atoms with Crippen LogP contribution in [-0.2, 0) is 7.05 Å². The van der Waals surface area contributed by atoms with Gasteiger partial charge in [0.15, 0.2) is 17.6 Å². The maximum atomic E-state index is 10.9. The van der Waals surface area contributed by atoms with E-state index in [1.54, 1.807) is 18.7 Å². The molecule has 0 bridgehead atoms. The highest BCUT2D eigenvalue weighted by atomic mass is 16.5. The maximum Gasteiger partial charge on any atom is 0.208 e. The summed E-state index contributed by atoms with van der Waals surface area (Å²) in [5, 5.41) is 1.89. The summed E-state index contributed by atoms with van der Waals surface area (Å²) in [6, 6.07) is 7.54. The van der Waals surface area contributed by atoms with Crippen molar-refractivity contribution in [1.29, 1.82) is 0 Å². The lowest BCUT2D eigenvalue weighted by atomic mass is 10.2. The number of aryl methyl sites for hydroxylation is 1. The van der Waals surface area contributed by atoms with Gasteiger partial charge in [0.2, 0.25) is 5.71 Å². The molecule has 4 nitrogen and oxygen atoms in total. The Balaban J connectivity index is 2.48. The first-order valence-electron chi connectivity index (χ1n) is 5.26. The summed E-state index contributed by atoms with van der Waals surface area (Å²) < 4.78 is 12.8. The van der Waals surface area contributed by atoms with Gasteiger partial charge in [-0.1, -0.05) is 12.1 Å². The zero-order valence-electron chi connectivity index (χ0n) is 9.56. The second kappa shape index (κ2) is 3.38. The van der Waals surface area contributed by atoms with Crippen LogP contribution in [-0.4, -0.2) is 18.0 Å². The normalized spacial score (nSPS) is 11.2. The maximum absolute atomic E-state index is 10.9. The molecule has 0 saturated heterocycles. The molecule has 0 saturated carbocycles. The Hall–Kier alpha value is -2.23. The van der Waals surface area contributed by atoms with Crippen LogP contribution in [0.4, 0.5) is 0 Å². The van der Waals surface area contributed by atoms with Gasteiger partial charge in [0, 0.05) is 17.8 Å². The van der Waals surface area contributed by atoms with Crippen molar-refractivity contribution in [2.24, 2.45) is 7.05 Å².